The Labute approximate surface area is 75.3 Å². The molecule has 0 saturated carbocycles. The van der Waals surface area contributed by atoms with Gasteiger partial charge in [0.15, 0.2) is 9.84 Å². The molecule has 0 bridgehead atoms. The van der Waals surface area contributed by atoms with Crippen LogP contribution in [-0.4, -0.2) is 26.3 Å². The molecule has 0 radical (unpaired) electrons. The third-order valence-electron chi connectivity index (χ3n) is 1.24. The first-order chi connectivity index (χ1) is 4.71. The molecule has 2 nitrogen and oxygen atoms in total. The lowest BCUT2D eigenvalue weighted by Gasteiger charge is -2.23. The summed E-state index contributed by atoms with van der Waals surface area (Å²) >= 11 is 0. The van der Waals surface area contributed by atoms with Crippen LogP contribution in [0.25, 0.3) is 0 Å². The van der Waals surface area contributed by atoms with Gasteiger partial charge in [-0.25, -0.2) is 0 Å². The van der Waals surface area contributed by atoms with Crippen LogP contribution in [0, 0.1) is 0 Å². The van der Waals surface area contributed by atoms with E-state index in [0.717, 1.165) is 0 Å². The standard InChI is InChI=1S/C6H22N2Si3/c1-10(2,3)7-9-8-11(4,5)6/h7-8H,9H2,1-6H3. The molecule has 0 aliphatic rings. The van der Waals surface area contributed by atoms with E-state index in [4.69, 9.17) is 0 Å². The maximum atomic E-state index is 3.68. The van der Waals surface area contributed by atoms with Crippen LogP contribution in [-0.2, 0) is 0 Å². The molecule has 0 aromatic rings. The van der Waals surface area contributed by atoms with E-state index in [1.807, 2.05) is 0 Å². The van der Waals surface area contributed by atoms with Gasteiger partial charge < -0.3 is 9.30 Å². The minimum absolute atomic E-state index is 0.174. The highest BCUT2D eigenvalue weighted by atomic mass is 28.4. The van der Waals surface area contributed by atoms with Crippen LogP contribution in [0.15, 0.2) is 0 Å². The van der Waals surface area contributed by atoms with Crippen molar-refractivity contribution < 1.29 is 0 Å². The Hall–Kier alpha value is 0.571. The van der Waals surface area contributed by atoms with Crippen molar-refractivity contribution in [2.75, 3.05) is 0 Å². The molecule has 0 atom stereocenters. The van der Waals surface area contributed by atoms with Crippen LogP contribution in [0.5, 0.6) is 0 Å². The normalized spacial score (nSPS) is 13.6. The van der Waals surface area contributed by atoms with E-state index in [1.54, 1.807) is 0 Å². The van der Waals surface area contributed by atoms with E-state index in [1.165, 1.54) is 0 Å². The molecule has 68 valence electrons. The average Bonchev–Trinajstić information content (AvgIpc) is 1.55. The van der Waals surface area contributed by atoms with E-state index in [2.05, 4.69) is 48.6 Å². The summed E-state index contributed by atoms with van der Waals surface area (Å²) in [7, 11) is -2.14. The third-order valence-corrected chi connectivity index (χ3v) is 11.1. The van der Waals surface area contributed by atoms with Gasteiger partial charge in [-0.2, -0.15) is 0 Å². The molecule has 0 aliphatic carbocycles. The molecular weight excluding hydrogens is 184 g/mol. The molecule has 0 fully saturated rings. The monoisotopic (exact) mass is 206 g/mol. The third kappa shape index (κ3) is 10.6. The van der Waals surface area contributed by atoms with Crippen LogP contribution >= 0.6 is 0 Å². The molecule has 0 heterocycles. The lowest BCUT2D eigenvalue weighted by atomic mass is 11.8. The molecule has 11 heavy (non-hydrogen) atoms. The van der Waals surface area contributed by atoms with Crippen molar-refractivity contribution in [3.63, 3.8) is 0 Å². The van der Waals surface area contributed by atoms with Crippen molar-refractivity contribution in [2.45, 2.75) is 39.3 Å². The highest BCUT2D eigenvalue weighted by Gasteiger charge is 2.15. The molecule has 0 aromatic carbocycles. The maximum absolute atomic E-state index is 3.68. The van der Waals surface area contributed by atoms with E-state index in [-0.39, 0.29) is 9.84 Å². The topological polar surface area (TPSA) is 24.1 Å². The molecule has 0 unspecified atom stereocenters. The van der Waals surface area contributed by atoms with Gasteiger partial charge in [-0.05, 0) is 0 Å². The van der Waals surface area contributed by atoms with Crippen molar-refractivity contribution in [1.29, 1.82) is 0 Å². The first kappa shape index (κ1) is 11.6. The summed E-state index contributed by atoms with van der Waals surface area (Å²) < 4.78 is 7.36. The summed E-state index contributed by atoms with van der Waals surface area (Å²) in [6.07, 6.45) is 0. The van der Waals surface area contributed by atoms with Crippen molar-refractivity contribution in [2.24, 2.45) is 0 Å². The molecule has 0 amide bonds. The molecule has 5 heteroatoms. The minimum Gasteiger partial charge on any atom is -0.353 e. The Morgan fingerprint density at radius 1 is 0.727 bits per heavy atom. The van der Waals surface area contributed by atoms with Crippen molar-refractivity contribution in [3.05, 3.63) is 0 Å². The molecule has 0 aromatic heterocycles. The second kappa shape index (κ2) is 3.99. The number of hydrogen-bond acceptors (Lipinski definition) is 2. The highest BCUT2D eigenvalue weighted by molar-refractivity contribution is 6.84. The predicted octanol–water partition coefficient (Wildman–Crippen LogP) is 0.834. The first-order valence-corrected chi connectivity index (χ1v) is 12.6. The maximum Gasteiger partial charge on any atom is 0.154 e. The van der Waals surface area contributed by atoms with Crippen LogP contribution in [0.4, 0.5) is 0 Å². The molecule has 2 N–H and O–H groups in total. The lowest BCUT2D eigenvalue weighted by Crippen LogP contribution is -2.55. The summed E-state index contributed by atoms with van der Waals surface area (Å²) in [5.74, 6) is 0. The van der Waals surface area contributed by atoms with Gasteiger partial charge in [0.1, 0.15) is 16.5 Å². The quantitative estimate of drug-likeness (QED) is 0.666. The Morgan fingerprint density at radius 2 is 1.00 bits per heavy atom. The largest absolute Gasteiger partial charge is 0.353 e. The van der Waals surface area contributed by atoms with Gasteiger partial charge in [0.05, 0.1) is 0 Å². The lowest BCUT2D eigenvalue weighted by molar-refractivity contribution is 1.30. The second-order valence-electron chi connectivity index (χ2n) is 5.03. The number of rotatable bonds is 4. The molecule has 0 spiro atoms. The van der Waals surface area contributed by atoms with E-state index in [9.17, 15) is 0 Å². The minimum atomic E-state index is -0.986. The Balaban J connectivity index is 3.44. The highest BCUT2D eigenvalue weighted by Crippen LogP contribution is 1.94. The van der Waals surface area contributed by atoms with Crippen molar-refractivity contribution >= 4 is 26.3 Å². The molecular formula is C6H22N2Si3. The van der Waals surface area contributed by atoms with Gasteiger partial charge in [-0.3, -0.25) is 0 Å². The Kier molecular flexibility index (Phi) is 4.20. The average molecular weight is 207 g/mol. The molecule has 0 saturated heterocycles. The fraction of sp³-hybridized carbons (Fsp3) is 1.00. The Morgan fingerprint density at radius 3 is 1.18 bits per heavy atom. The summed E-state index contributed by atoms with van der Waals surface area (Å²) in [6.45, 7) is 14.1. The summed E-state index contributed by atoms with van der Waals surface area (Å²) in [5, 5.41) is 0. The van der Waals surface area contributed by atoms with Crippen LogP contribution in [0.1, 0.15) is 0 Å². The smallest absolute Gasteiger partial charge is 0.154 e. The fourth-order valence-electron chi connectivity index (χ4n) is 0.575. The summed E-state index contributed by atoms with van der Waals surface area (Å²) in [5.41, 5.74) is 0. The van der Waals surface area contributed by atoms with Gasteiger partial charge in [-0.15, -0.1) is 0 Å². The SMILES string of the molecule is C[Si](C)(C)N[SiH2]N[Si](C)(C)C. The molecule has 0 aliphatic heterocycles. The van der Waals surface area contributed by atoms with Gasteiger partial charge in [-0.1, -0.05) is 39.3 Å². The van der Waals surface area contributed by atoms with Crippen LogP contribution < -0.4 is 9.30 Å². The van der Waals surface area contributed by atoms with E-state index in [0.29, 0.717) is 0 Å². The van der Waals surface area contributed by atoms with Crippen LogP contribution in [0.3, 0.4) is 0 Å². The number of nitrogens with one attached hydrogen (secondary N) is 2. The zero-order valence-electron chi connectivity index (χ0n) is 8.71. The van der Waals surface area contributed by atoms with E-state index >= 15 is 0 Å². The Bertz CT molecular complexity index is 100.0. The zero-order valence-corrected chi connectivity index (χ0v) is 12.1. The molecule has 0 rings (SSSR count). The van der Waals surface area contributed by atoms with Gasteiger partial charge in [0.25, 0.3) is 0 Å². The number of hydrogen-bond donors (Lipinski definition) is 2. The summed E-state index contributed by atoms with van der Waals surface area (Å²) in [4.78, 5) is 0. The summed E-state index contributed by atoms with van der Waals surface area (Å²) in [6, 6.07) is 0. The predicted molar refractivity (Wildman–Crippen MR) is 61.5 cm³/mol. The van der Waals surface area contributed by atoms with Crippen molar-refractivity contribution in [3.8, 4) is 0 Å². The fourth-order valence-corrected chi connectivity index (χ4v) is 5.97. The van der Waals surface area contributed by atoms with Gasteiger partial charge in [0, 0.05) is 0 Å². The van der Waals surface area contributed by atoms with Gasteiger partial charge >= 0.3 is 0 Å². The second-order valence-corrected chi connectivity index (χ2v) is 17.2. The first-order valence-electron chi connectivity index (χ1n) is 4.21. The van der Waals surface area contributed by atoms with E-state index < -0.39 is 16.5 Å². The van der Waals surface area contributed by atoms with Crippen molar-refractivity contribution in [1.82, 2.24) is 9.30 Å². The zero-order chi connectivity index (χ0) is 9.12. The van der Waals surface area contributed by atoms with Crippen LogP contribution in [0.2, 0.25) is 39.3 Å². The van der Waals surface area contributed by atoms with Gasteiger partial charge in [0.2, 0.25) is 0 Å².